The molecule has 0 fully saturated rings. The van der Waals surface area contributed by atoms with Crippen molar-refractivity contribution in [1.29, 1.82) is 0 Å². The SMILES string of the molecule is CCOC(c1ccccc1)c1cc(N)c2ccccc2n1. The second-order valence-corrected chi connectivity index (χ2v) is 4.90. The summed E-state index contributed by atoms with van der Waals surface area (Å²) >= 11 is 0. The first-order chi connectivity index (χ1) is 10.3. The van der Waals surface area contributed by atoms with Crippen molar-refractivity contribution in [3.8, 4) is 0 Å². The topological polar surface area (TPSA) is 48.1 Å². The van der Waals surface area contributed by atoms with Crippen LogP contribution in [-0.4, -0.2) is 11.6 Å². The van der Waals surface area contributed by atoms with Crippen LogP contribution in [0.25, 0.3) is 10.9 Å². The van der Waals surface area contributed by atoms with E-state index in [2.05, 4.69) is 0 Å². The number of nitrogens with zero attached hydrogens (tertiary/aromatic N) is 1. The highest BCUT2D eigenvalue weighted by atomic mass is 16.5. The van der Waals surface area contributed by atoms with Crippen molar-refractivity contribution in [2.75, 3.05) is 12.3 Å². The molecule has 1 unspecified atom stereocenters. The molecule has 0 amide bonds. The molecule has 1 heterocycles. The molecule has 0 radical (unpaired) electrons. The van der Waals surface area contributed by atoms with Gasteiger partial charge in [0.25, 0.3) is 0 Å². The Labute approximate surface area is 124 Å². The van der Waals surface area contributed by atoms with Crippen LogP contribution in [-0.2, 0) is 4.74 Å². The van der Waals surface area contributed by atoms with Gasteiger partial charge < -0.3 is 10.5 Å². The van der Waals surface area contributed by atoms with Crippen LogP contribution in [0, 0.1) is 0 Å². The van der Waals surface area contributed by atoms with Gasteiger partial charge in [-0.25, -0.2) is 4.98 Å². The van der Waals surface area contributed by atoms with E-state index < -0.39 is 0 Å². The van der Waals surface area contributed by atoms with Crippen LogP contribution in [0.15, 0.2) is 60.7 Å². The fourth-order valence-electron chi connectivity index (χ4n) is 2.50. The highest BCUT2D eigenvalue weighted by Gasteiger charge is 2.17. The fourth-order valence-corrected chi connectivity index (χ4v) is 2.50. The summed E-state index contributed by atoms with van der Waals surface area (Å²) in [6.45, 7) is 2.61. The van der Waals surface area contributed by atoms with Gasteiger partial charge in [0.1, 0.15) is 6.10 Å². The van der Waals surface area contributed by atoms with E-state index in [1.807, 2.05) is 67.6 Å². The molecule has 2 aromatic carbocycles. The normalized spacial score (nSPS) is 12.4. The van der Waals surface area contributed by atoms with Crippen molar-refractivity contribution in [3.05, 3.63) is 71.9 Å². The highest BCUT2D eigenvalue weighted by Crippen LogP contribution is 2.29. The molecule has 2 N–H and O–H groups in total. The van der Waals surface area contributed by atoms with Gasteiger partial charge in [0.15, 0.2) is 0 Å². The van der Waals surface area contributed by atoms with Crippen LogP contribution in [0.2, 0.25) is 0 Å². The molecule has 1 aromatic heterocycles. The standard InChI is InChI=1S/C18H18N2O/c1-2-21-18(13-8-4-3-5-9-13)17-12-15(19)14-10-6-7-11-16(14)20-17/h3-12,18H,2H2,1H3,(H2,19,20). The van der Waals surface area contributed by atoms with Crippen LogP contribution in [0.4, 0.5) is 5.69 Å². The molecule has 0 spiro atoms. The van der Waals surface area contributed by atoms with E-state index in [4.69, 9.17) is 15.5 Å². The zero-order valence-electron chi connectivity index (χ0n) is 12.0. The predicted octanol–water partition coefficient (Wildman–Crippen LogP) is 3.94. The Morgan fingerprint density at radius 3 is 2.52 bits per heavy atom. The maximum Gasteiger partial charge on any atom is 0.125 e. The van der Waals surface area contributed by atoms with Crippen LogP contribution in [0.5, 0.6) is 0 Å². The van der Waals surface area contributed by atoms with Crippen molar-refractivity contribution in [3.63, 3.8) is 0 Å². The van der Waals surface area contributed by atoms with Gasteiger partial charge in [-0.1, -0.05) is 48.5 Å². The van der Waals surface area contributed by atoms with Crippen molar-refractivity contribution in [1.82, 2.24) is 4.98 Å². The summed E-state index contributed by atoms with van der Waals surface area (Å²) in [5, 5.41) is 0.976. The lowest BCUT2D eigenvalue weighted by Crippen LogP contribution is -2.09. The van der Waals surface area contributed by atoms with E-state index in [1.54, 1.807) is 0 Å². The summed E-state index contributed by atoms with van der Waals surface area (Å²) in [5.74, 6) is 0. The summed E-state index contributed by atoms with van der Waals surface area (Å²) in [5.41, 5.74) is 9.73. The number of para-hydroxylation sites is 1. The Morgan fingerprint density at radius 2 is 1.76 bits per heavy atom. The first-order valence-corrected chi connectivity index (χ1v) is 7.11. The third-order valence-corrected chi connectivity index (χ3v) is 3.47. The minimum absolute atomic E-state index is 0.192. The fraction of sp³-hybridized carbons (Fsp3) is 0.167. The molecule has 106 valence electrons. The minimum Gasteiger partial charge on any atom is -0.398 e. The number of benzene rings is 2. The van der Waals surface area contributed by atoms with Crippen LogP contribution < -0.4 is 5.73 Å². The first-order valence-electron chi connectivity index (χ1n) is 7.11. The number of hydrogen-bond donors (Lipinski definition) is 1. The summed E-state index contributed by atoms with van der Waals surface area (Å²) in [4.78, 5) is 4.73. The van der Waals surface area contributed by atoms with Gasteiger partial charge in [0.2, 0.25) is 0 Å². The smallest absolute Gasteiger partial charge is 0.125 e. The lowest BCUT2D eigenvalue weighted by Gasteiger charge is -2.18. The Bertz CT molecular complexity index is 741. The molecule has 0 aliphatic carbocycles. The predicted molar refractivity (Wildman–Crippen MR) is 86.1 cm³/mol. The average Bonchev–Trinajstić information content (AvgIpc) is 2.53. The molecule has 3 rings (SSSR count). The summed E-state index contributed by atoms with van der Waals surface area (Å²) in [6.07, 6.45) is -0.192. The second-order valence-electron chi connectivity index (χ2n) is 4.90. The quantitative estimate of drug-likeness (QED) is 0.786. The molecule has 21 heavy (non-hydrogen) atoms. The van der Waals surface area contributed by atoms with Crippen molar-refractivity contribution < 1.29 is 4.74 Å². The average molecular weight is 278 g/mol. The largest absolute Gasteiger partial charge is 0.398 e. The zero-order valence-corrected chi connectivity index (χ0v) is 12.0. The number of anilines is 1. The highest BCUT2D eigenvalue weighted by molar-refractivity contribution is 5.90. The van der Waals surface area contributed by atoms with E-state index in [9.17, 15) is 0 Å². The molecule has 0 aliphatic heterocycles. The molecule has 0 bridgehead atoms. The maximum atomic E-state index is 6.17. The summed E-state index contributed by atoms with van der Waals surface area (Å²) < 4.78 is 5.90. The van der Waals surface area contributed by atoms with E-state index in [0.29, 0.717) is 6.61 Å². The number of nitrogens with two attached hydrogens (primary N) is 1. The van der Waals surface area contributed by atoms with Crippen molar-refractivity contribution in [2.24, 2.45) is 0 Å². The van der Waals surface area contributed by atoms with Crippen LogP contribution in [0.1, 0.15) is 24.3 Å². The van der Waals surface area contributed by atoms with Gasteiger partial charge in [0, 0.05) is 17.7 Å². The lowest BCUT2D eigenvalue weighted by atomic mass is 10.0. The van der Waals surface area contributed by atoms with Gasteiger partial charge in [-0.15, -0.1) is 0 Å². The van der Waals surface area contributed by atoms with E-state index in [0.717, 1.165) is 27.8 Å². The van der Waals surface area contributed by atoms with Gasteiger partial charge in [-0.05, 0) is 24.6 Å². The molecular weight excluding hydrogens is 260 g/mol. The maximum absolute atomic E-state index is 6.17. The van der Waals surface area contributed by atoms with Gasteiger partial charge in [-0.3, -0.25) is 0 Å². The van der Waals surface area contributed by atoms with Crippen LogP contribution in [0.3, 0.4) is 0 Å². The molecule has 3 heteroatoms. The van der Waals surface area contributed by atoms with E-state index in [1.165, 1.54) is 0 Å². The number of aromatic nitrogens is 1. The molecule has 1 atom stereocenters. The summed E-state index contributed by atoms with van der Waals surface area (Å²) in [6, 6.07) is 19.9. The Balaban J connectivity index is 2.11. The van der Waals surface area contributed by atoms with E-state index in [-0.39, 0.29) is 6.10 Å². The number of hydrogen-bond acceptors (Lipinski definition) is 3. The molecule has 0 aliphatic rings. The number of nitrogen functional groups attached to an aromatic ring is 1. The number of ether oxygens (including phenoxy) is 1. The zero-order chi connectivity index (χ0) is 14.7. The van der Waals surface area contributed by atoms with E-state index >= 15 is 0 Å². The van der Waals surface area contributed by atoms with Gasteiger partial charge >= 0.3 is 0 Å². The molecule has 3 nitrogen and oxygen atoms in total. The number of rotatable bonds is 4. The third kappa shape index (κ3) is 2.73. The van der Waals surface area contributed by atoms with Gasteiger partial charge in [-0.2, -0.15) is 0 Å². The molecule has 0 saturated heterocycles. The van der Waals surface area contributed by atoms with Gasteiger partial charge in [0.05, 0.1) is 11.2 Å². The first kappa shape index (κ1) is 13.6. The molecule has 3 aromatic rings. The molecular formula is C18H18N2O. The minimum atomic E-state index is -0.192. The Kier molecular flexibility index (Phi) is 3.84. The third-order valence-electron chi connectivity index (χ3n) is 3.47. The Hall–Kier alpha value is -2.39. The van der Waals surface area contributed by atoms with Crippen molar-refractivity contribution in [2.45, 2.75) is 13.0 Å². The molecule has 0 saturated carbocycles. The summed E-state index contributed by atoms with van der Waals surface area (Å²) in [7, 11) is 0. The number of fused-ring (bicyclic) bond motifs is 1. The second kappa shape index (κ2) is 5.94. The van der Waals surface area contributed by atoms with Crippen LogP contribution >= 0.6 is 0 Å². The van der Waals surface area contributed by atoms with Crippen molar-refractivity contribution >= 4 is 16.6 Å². The monoisotopic (exact) mass is 278 g/mol. The lowest BCUT2D eigenvalue weighted by molar-refractivity contribution is 0.0886. The number of pyridine rings is 1. The Morgan fingerprint density at radius 1 is 1.05 bits per heavy atom.